The number of hydrogen-bond acceptors (Lipinski definition) is 3. The van der Waals surface area contributed by atoms with Gasteiger partial charge in [0.05, 0.1) is 18.5 Å². The molecule has 3 N–H and O–H groups in total. The highest BCUT2D eigenvalue weighted by Crippen LogP contribution is 2.26. The maximum atomic E-state index is 5.93. The smallest absolute Gasteiger partial charge is 0.121 e. The van der Waals surface area contributed by atoms with Gasteiger partial charge in [0.15, 0.2) is 0 Å². The van der Waals surface area contributed by atoms with Crippen LogP contribution in [0, 0.1) is 5.41 Å². The van der Waals surface area contributed by atoms with Crippen LogP contribution in [0.15, 0.2) is 18.2 Å². The lowest BCUT2D eigenvalue weighted by atomic mass is 9.90. The first-order valence-electron chi connectivity index (χ1n) is 5.66. The van der Waals surface area contributed by atoms with Crippen molar-refractivity contribution in [3.05, 3.63) is 18.2 Å². The Kier molecular flexibility index (Phi) is 4.05. The van der Waals surface area contributed by atoms with Crippen molar-refractivity contribution < 1.29 is 4.74 Å². The molecule has 0 saturated carbocycles. The Morgan fingerprint density at radius 2 is 2.06 bits per heavy atom. The SMILES string of the molecule is CCC(C)(C)CNc1ccc(OC)cc1N. The first-order chi connectivity index (χ1) is 7.48. The number of rotatable bonds is 5. The number of methoxy groups -OCH3 is 1. The predicted octanol–water partition coefficient (Wildman–Crippen LogP) is 3.13. The molecule has 0 aliphatic rings. The molecular weight excluding hydrogens is 200 g/mol. The fraction of sp³-hybridized carbons (Fsp3) is 0.538. The van der Waals surface area contributed by atoms with Crippen LogP contribution in [-0.2, 0) is 0 Å². The second-order valence-corrected chi connectivity index (χ2v) is 4.82. The highest BCUT2D eigenvalue weighted by atomic mass is 16.5. The van der Waals surface area contributed by atoms with Crippen molar-refractivity contribution in [3.63, 3.8) is 0 Å². The van der Waals surface area contributed by atoms with E-state index in [0.717, 1.165) is 30.1 Å². The number of nitrogens with one attached hydrogen (secondary N) is 1. The summed E-state index contributed by atoms with van der Waals surface area (Å²) in [5.74, 6) is 0.790. The molecule has 16 heavy (non-hydrogen) atoms. The Bertz CT molecular complexity index is 348. The molecular formula is C13H22N2O. The molecule has 1 aromatic rings. The van der Waals surface area contributed by atoms with E-state index in [2.05, 4.69) is 26.1 Å². The van der Waals surface area contributed by atoms with E-state index in [9.17, 15) is 0 Å². The molecule has 0 spiro atoms. The topological polar surface area (TPSA) is 47.3 Å². The van der Waals surface area contributed by atoms with Gasteiger partial charge >= 0.3 is 0 Å². The number of hydrogen-bond donors (Lipinski definition) is 2. The molecule has 1 rings (SSSR count). The number of nitrogens with two attached hydrogens (primary N) is 1. The molecule has 0 fully saturated rings. The van der Waals surface area contributed by atoms with Crippen molar-refractivity contribution in [3.8, 4) is 5.75 Å². The van der Waals surface area contributed by atoms with Crippen LogP contribution < -0.4 is 15.8 Å². The normalized spacial score (nSPS) is 11.2. The maximum absolute atomic E-state index is 5.93. The maximum Gasteiger partial charge on any atom is 0.121 e. The third kappa shape index (κ3) is 3.33. The van der Waals surface area contributed by atoms with Crippen LogP contribution in [-0.4, -0.2) is 13.7 Å². The average Bonchev–Trinajstić information content (AvgIpc) is 2.27. The molecule has 0 saturated heterocycles. The van der Waals surface area contributed by atoms with E-state index in [1.54, 1.807) is 7.11 Å². The summed E-state index contributed by atoms with van der Waals surface area (Å²) in [7, 11) is 1.64. The minimum absolute atomic E-state index is 0.284. The second kappa shape index (κ2) is 5.10. The summed E-state index contributed by atoms with van der Waals surface area (Å²) < 4.78 is 5.11. The zero-order valence-electron chi connectivity index (χ0n) is 10.6. The van der Waals surface area contributed by atoms with Gasteiger partial charge in [-0.25, -0.2) is 0 Å². The molecule has 0 amide bonds. The van der Waals surface area contributed by atoms with Gasteiger partial charge in [-0.15, -0.1) is 0 Å². The lowest BCUT2D eigenvalue weighted by molar-refractivity contribution is 0.377. The summed E-state index contributed by atoms with van der Waals surface area (Å²) in [5, 5.41) is 3.37. The van der Waals surface area contributed by atoms with Crippen LogP contribution in [0.25, 0.3) is 0 Å². The average molecular weight is 222 g/mol. The molecule has 0 aliphatic carbocycles. The van der Waals surface area contributed by atoms with Crippen LogP contribution in [0.5, 0.6) is 5.75 Å². The van der Waals surface area contributed by atoms with Gasteiger partial charge < -0.3 is 15.8 Å². The van der Waals surface area contributed by atoms with Gasteiger partial charge in [0.1, 0.15) is 5.75 Å². The molecule has 0 heterocycles. The number of anilines is 2. The summed E-state index contributed by atoms with van der Waals surface area (Å²) in [6.07, 6.45) is 1.13. The van der Waals surface area contributed by atoms with Crippen molar-refractivity contribution in [2.45, 2.75) is 27.2 Å². The van der Waals surface area contributed by atoms with Crippen molar-refractivity contribution in [1.82, 2.24) is 0 Å². The standard InChI is InChI=1S/C13H22N2O/c1-5-13(2,3)9-15-12-7-6-10(16-4)8-11(12)14/h6-8,15H,5,9,14H2,1-4H3. The van der Waals surface area contributed by atoms with E-state index in [0.29, 0.717) is 0 Å². The summed E-state index contributed by atoms with van der Waals surface area (Å²) in [6, 6.07) is 5.71. The number of ether oxygens (including phenoxy) is 1. The molecule has 0 aromatic heterocycles. The number of benzene rings is 1. The quantitative estimate of drug-likeness (QED) is 0.752. The Balaban J connectivity index is 2.68. The molecule has 0 atom stereocenters. The van der Waals surface area contributed by atoms with E-state index in [-0.39, 0.29) is 5.41 Å². The minimum atomic E-state index is 0.284. The minimum Gasteiger partial charge on any atom is -0.497 e. The van der Waals surface area contributed by atoms with E-state index in [1.165, 1.54) is 0 Å². The highest BCUT2D eigenvalue weighted by molar-refractivity contribution is 5.68. The lowest BCUT2D eigenvalue weighted by Crippen LogP contribution is -2.22. The summed E-state index contributed by atoms with van der Waals surface area (Å²) >= 11 is 0. The van der Waals surface area contributed by atoms with Gasteiger partial charge in [0.25, 0.3) is 0 Å². The molecule has 90 valence electrons. The molecule has 1 aromatic carbocycles. The Morgan fingerprint density at radius 3 is 2.56 bits per heavy atom. The van der Waals surface area contributed by atoms with E-state index < -0.39 is 0 Å². The lowest BCUT2D eigenvalue weighted by Gasteiger charge is -2.24. The van der Waals surface area contributed by atoms with Crippen LogP contribution in [0.4, 0.5) is 11.4 Å². The first-order valence-corrected chi connectivity index (χ1v) is 5.66. The van der Waals surface area contributed by atoms with Crippen molar-refractivity contribution in [2.75, 3.05) is 24.7 Å². The van der Waals surface area contributed by atoms with Gasteiger partial charge in [-0.1, -0.05) is 20.8 Å². The molecule has 3 heteroatoms. The third-order valence-corrected chi connectivity index (χ3v) is 2.97. The fourth-order valence-corrected chi connectivity index (χ4v) is 1.29. The Hall–Kier alpha value is -1.38. The van der Waals surface area contributed by atoms with E-state index in [1.807, 2.05) is 18.2 Å². The Morgan fingerprint density at radius 1 is 1.38 bits per heavy atom. The zero-order valence-corrected chi connectivity index (χ0v) is 10.6. The van der Waals surface area contributed by atoms with Crippen molar-refractivity contribution in [1.29, 1.82) is 0 Å². The highest BCUT2D eigenvalue weighted by Gasteiger charge is 2.14. The van der Waals surface area contributed by atoms with Gasteiger partial charge in [-0.2, -0.15) is 0 Å². The summed E-state index contributed by atoms with van der Waals surface area (Å²) in [4.78, 5) is 0. The van der Waals surface area contributed by atoms with Crippen molar-refractivity contribution in [2.24, 2.45) is 5.41 Å². The molecule has 0 bridgehead atoms. The van der Waals surface area contributed by atoms with Crippen LogP contribution in [0.3, 0.4) is 0 Å². The molecule has 0 radical (unpaired) electrons. The Labute approximate surface area is 98.0 Å². The first kappa shape index (κ1) is 12.7. The molecule has 3 nitrogen and oxygen atoms in total. The summed E-state index contributed by atoms with van der Waals surface area (Å²) in [5.41, 5.74) is 7.91. The number of nitrogen functional groups attached to an aromatic ring is 1. The largest absolute Gasteiger partial charge is 0.497 e. The van der Waals surface area contributed by atoms with Gasteiger partial charge in [-0.3, -0.25) is 0 Å². The van der Waals surface area contributed by atoms with Gasteiger partial charge in [-0.05, 0) is 24.0 Å². The van der Waals surface area contributed by atoms with E-state index in [4.69, 9.17) is 10.5 Å². The van der Waals surface area contributed by atoms with Crippen LogP contribution in [0.1, 0.15) is 27.2 Å². The van der Waals surface area contributed by atoms with E-state index >= 15 is 0 Å². The van der Waals surface area contributed by atoms with Crippen LogP contribution in [0.2, 0.25) is 0 Å². The zero-order chi connectivity index (χ0) is 12.2. The second-order valence-electron chi connectivity index (χ2n) is 4.82. The van der Waals surface area contributed by atoms with Crippen LogP contribution >= 0.6 is 0 Å². The monoisotopic (exact) mass is 222 g/mol. The predicted molar refractivity (Wildman–Crippen MR) is 70.0 cm³/mol. The van der Waals surface area contributed by atoms with Gasteiger partial charge in [0, 0.05) is 12.6 Å². The molecule has 0 unspecified atom stereocenters. The fourth-order valence-electron chi connectivity index (χ4n) is 1.29. The van der Waals surface area contributed by atoms with Crippen molar-refractivity contribution >= 4 is 11.4 Å². The summed E-state index contributed by atoms with van der Waals surface area (Å²) in [6.45, 7) is 7.58. The van der Waals surface area contributed by atoms with Gasteiger partial charge in [0.2, 0.25) is 0 Å². The molecule has 0 aliphatic heterocycles. The third-order valence-electron chi connectivity index (χ3n) is 2.97.